The molecular weight excluding hydrogens is 374 g/mol. The van der Waals surface area contributed by atoms with Crippen LogP contribution < -0.4 is 0 Å². The lowest BCUT2D eigenvalue weighted by molar-refractivity contribution is -0.319. The van der Waals surface area contributed by atoms with Crippen LogP contribution in [0, 0.1) is 10.8 Å². The number of likely N-dealkylation sites (N-methyl/N-ethyl adjacent to an activating group) is 1. The lowest BCUT2D eigenvalue weighted by Crippen LogP contribution is -2.64. The Morgan fingerprint density at radius 3 is 2.38 bits per heavy atom. The fourth-order valence-electron chi connectivity index (χ4n) is 2.31. The molecule has 1 aliphatic rings. The molecule has 1 fully saturated rings. The summed E-state index contributed by atoms with van der Waals surface area (Å²) in [5.41, 5.74) is 0. The van der Waals surface area contributed by atoms with Crippen LogP contribution in [0.15, 0.2) is 5.29 Å². The maximum Gasteiger partial charge on any atom is 0.344 e. The molecule has 1 saturated heterocycles. The van der Waals surface area contributed by atoms with Gasteiger partial charge in [0.05, 0.1) is 18.4 Å². The maximum atomic E-state index is 12.2. The van der Waals surface area contributed by atoms with E-state index >= 15 is 0 Å². The predicted molar refractivity (Wildman–Crippen MR) is 89.9 cm³/mol. The number of urea groups is 1. The summed E-state index contributed by atoms with van der Waals surface area (Å²) in [5, 5.41) is 43.4. The highest BCUT2D eigenvalue weighted by Gasteiger charge is 2.48. The molecule has 1 unspecified atom stereocenters. The Hall–Kier alpha value is -1.08. The summed E-state index contributed by atoms with van der Waals surface area (Å²) in [4.78, 5) is 23.6. The number of nitrogens with zero attached hydrogens (tertiary/aromatic N) is 3. The third kappa shape index (κ3) is 5.46. The van der Waals surface area contributed by atoms with Gasteiger partial charge in [-0.15, -0.1) is 16.5 Å². The van der Waals surface area contributed by atoms with Gasteiger partial charge in [0.2, 0.25) is 0 Å². The van der Waals surface area contributed by atoms with E-state index in [0.717, 1.165) is 7.05 Å². The Bertz CT molecular complexity index is 471. The van der Waals surface area contributed by atoms with Gasteiger partial charge < -0.3 is 29.9 Å². The molecule has 6 atom stereocenters. The van der Waals surface area contributed by atoms with Crippen molar-refractivity contribution in [3.05, 3.63) is 4.91 Å². The minimum atomic E-state index is -1.76. The molecule has 1 aliphatic heterocycles. The number of ether oxygens (including phenoxy) is 2. The Labute approximate surface area is 156 Å². The second-order valence-corrected chi connectivity index (χ2v) is 6.75. The lowest BCUT2D eigenvalue weighted by Gasteiger charge is -2.43. The van der Waals surface area contributed by atoms with E-state index in [9.17, 15) is 30.1 Å². The van der Waals surface area contributed by atoms with E-state index in [1.165, 1.54) is 0 Å². The summed E-state index contributed by atoms with van der Waals surface area (Å²) >= 11 is 5.47. The Morgan fingerprint density at radius 2 is 1.88 bits per heavy atom. The molecule has 0 spiro atoms. The zero-order valence-corrected chi connectivity index (χ0v) is 15.6. The highest BCUT2D eigenvalue weighted by Crippen LogP contribution is 2.26. The molecule has 26 heavy (non-hydrogen) atoms. The van der Waals surface area contributed by atoms with Crippen LogP contribution in [0.25, 0.3) is 0 Å². The number of aliphatic hydroxyl groups excluding tert-OH is 4. The molecule has 0 aromatic heterocycles. The first-order valence-corrected chi connectivity index (χ1v) is 8.62. The van der Waals surface area contributed by atoms with Gasteiger partial charge in [0, 0.05) is 12.9 Å². The van der Waals surface area contributed by atoms with Crippen LogP contribution in [0.2, 0.25) is 0 Å². The molecule has 0 bridgehead atoms. The zero-order chi connectivity index (χ0) is 20.0. The smallest absolute Gasteiger partial charge is 0.344 e. The first kappa shape index (κ1) is 23.0. The van der Waals surface area contributed by atoms with E-state index in [2.05, 4.69) is 5.29 Å². The van der Waals surface area contributed by atoms with E-state index in [1.807, 2.05) is 13.8 Å². The second-order valence-electron chi connectivity index (χ2n) is 6.37. The Kier molecular flexibility index (Phi) is 9.10. The van der Waals surface area contributed by atoms with Crippen molar-refractivity contribution in [2.24, 2.45) is 11.2 Å². The number of hydrogen-bond donors (Lipinski definition) is 4. The van der Waals surface area contributed by atoms with E-state index in [0.29, 0.717) is 9.91 Å². The minimum absolute atomic E-state index is 0.0556. The molecule has 1 rings (SSSR count). The fourth-order valence-corrected chi connectivity index (χ4v) is 2.47. The van der Waals surface area contributed by atoms with Crippen LogP contribution in [-0.2, 0) is 9.47 Å². The van der Waals surface area contributed by atoms with Crippen LogP contribution in [-0.4, -0.2) is 99.4 Å². The van der Waals surface area contributed by atoms with E-state index in [4.69, 9.17) is 21.1 Å². The zero-order valence-electron chi connectivity index (χ0n) is 14.8. The maximum absolute atomic E-state index is 12.2. The first-order valence-electron chi connectivity index (χ1n) is 8.08. The third-order valence-electron chi connectivity index (χ3n) is 3.81. The van der Waals surface area contributed by atoms with Gasteiger partial charge >= 0.3 is 6.03 Å². The van der Waals surface area contributed by atoms with Crippen LogP contribution in [0.1, 0.15) is 13.8 Å². The molecule has 0 aromatic carbocycles. The Morgan fingerprint density at radius 1 is 1.27 bits per heavy atom. The molecule has 2 amide bonds. The Balaban J connectivity index is 2.88. The number of amides is 2. The summed E-state index contributed by atoms with van der Waals surface area (Å²) in [6.07, 6.45) is -9.50. The monoisotopic (exact) mass is 399 g/mol. The standard InChI is InChI=1S/C14H26ClN3O8/c1-7(2)6-25-13-10(21)8(19)9(20)11(26-13)12(22)17(3)14(23)18(16-24)5-4-15/h7-13,19-22H,4-6H2,1-3H3/t8-,9-,10+,11-,12?,13-/m0/s1. The summed E-state index contributed by atoms with van der Waals surface area (Å²) < 4.78 is 10.7. The molecule has 11 nitrogen and oxygen atoms in total. The molecule has 12 heteroatoms. The van der Waals surface area contributed by atoms with Crippen LogP contribution in [0.4, 0.5) is 4.79 Å². The van der Waals surface area contributed by atoms with Gasteiger partial charge in [-0.05, 0) is 5.92 Å². The van der Waals surface area contributed by atoms with Crippen LogP contribution in [0.3, 0.4) is 0 Å². The van der Waals surface area contributed by atoms with Crippen molar-refractivity contribution < 1.29 is 34.7 Å². The third-order valence-corrected chi connectivity index (χ3v) is 3.98. The van der Waals surface area contributed by atoms with Crippen molar-refractivity contribution in [1.82, 2.24) is 9.91 Å². The number of rotatable bonds is 8. The number of aliphatic hydroxyl groups is 4. The molecule has 4 N–H and O–H groups in total. The van der Waals surface area contributed by atoms with Crippen molar-refractivity contribution in [3.63, 3.8) is 0 Å². The van der Waals surface area contributed by atoms with Gasteiger partial charge in [-0.3, -0.25) is 4.90 Å². The summed E-state index contributed by atoms with van der Waals surface area (Å²) in [6, 6.07) is -0.982. The van der Waals surface area contributed by atoms with Gasteiger partial charge in [0.25, 0.3) is 0 Å². The molecule has 0 aliphatic carbocycles. The fraction of sp³-hybridized carbons (Fsp3) is 0.929. The average molecular weight is 400 g/mol. The van der Waals surface area contributed by atoms with Crippen molar-refractivity contribution in [2.75, 3.05) is 26.1 Å². The largest absolute Gasteiger partial charge is 0.387 e. The summed E-state index contributed by atoms with van der Waals surface area (Å²) in [7, 11) is 1.15. The van der Waals surface area contributed by atoms with Crippen molar-refractivity contribution >= 4 is 17.6 Å². The van der Waals surface area contributed by atoms with Crippen molar-refractivity contribution in [3.8, 4) is 0 Å². The van der Waals surface area contributed by atoms with Crippen LogP contribution >= 0.6 is 11.6 Å². The van der Waals surface area contributed by atoms with E-state index in [-0.39, 0.29) is 24.9 Å². The molecular formula is C14H26ClN3O8. The molecule has 0 radical (unpaired) electrons. The van der Waals surface area contributed by atoms with Gasteiger partial charge in [-0.25, -0.2) is 4.79 Å². The first-order chi connectivity index (χ1) is 12.1. The number of nitroso groups, excluding NO2 is 1. The lowest BCUT2D eigenvalue weighted by atomic mass is 9.97. The molecule has 1 heterocycles. The van der Waals surface area contributed by atoms with E-state index < -0.39 is 43.0 Å². The summed E-state index contributed by atoms with van der Waals surface area (Å²) in [5.74, 6) is 0.0465. The van der Waals surface area contributed by atoms with Gasteiger partial charge in [0.15, 0.2) is 12.5 Å². The normalized spacial score (nSPS) is 30.1. The van der Waals surface area contributed by atoms with Gasteiger partial charge in [-0.1, -0.05) is 13.8 Å². The highest BCUT2D eigenvalue weighted by atomic mass is 35.5. The molecule has 0 saturated carbocycles. The van der Waals surface area contributed by atoms with Crippen LogP contribution in [0.5, 0.6) is 0 Å². The minimum Gasteiger partial charge on any atom is -0.387 e. The van der Waals surface area contributed by atoms with Gasteiger partial charge in [-0.2, -0.15) is 5.01 Å². The predicted octanol–water partition coefficient (Wildman–Crippen LogP) is -0.941. The second kappa shape index (κ2) is 10.3. The highest BCUT2D eigenvalue weighted by molar-refractivity contribution is 6.18. The number of alkyl halides is 1. The summed E-state index contributed by atoms with van der Waals surface area (Å²) in [6.45, 7) is 3.73. The van der Waals surface area contributed by atoms with Gasteiger partial charge in [0.1, 0.15) is 24.4 Å². The van der Waals surface area contributed by atoms with Crippen molar-refractivity contribution in [2.45, 2.75) is 50.8 Å². The SMILES string of the molecule is CC(C)CO[C@H]1O[C@H](C(O)N(C)C(=O)N(CCCl)N=O)[C@@H](O)[C@H](O)[C@H]1O. The average Bonchev–Trinajstić information content (AvgIpc) is 2.61. The number of carbonyl (C=O) groups excluding carboxylic acids is 1. The number of hydrogen-bond acceptors (Lipinski definition) is 9. The molecule has 0 aromatic rings. The van der Waals surface area contributed by atoms with E-state index in [1.54, 1.807) is 0 Å². The number of halogens is 1. The quantitative estimate of drug-likeness (QED) is 0.176. The molecule has 152 valence electrons. The topological polar surface area (TPSA) is 152 Å². The van der Waals surface area contributed by atoms with Crippen molar-refractivity contribution in [1.29, 1.82) is 0 Å². The number of carbonyl (C=O) groups is 1.